The first kappa shape index (κ1) is 34.1. The molecule has 9 nitrogen and oxygen atoms in total. The van der Waals surface area contributed by atoms with E-state index in [9.17, 15) is 9.59 Å². The number of nitrogens with one attached hydrogen (secondary N) is 2. The van der Waals surface area contributed by atoms with Crippen LogP contribution in [-0.2, 0) is 6.54 Å². The van der Waals surface area contributed by atoms with Gasteiger partial charge >= 0.3 is 0 Å². The van der Waals surface area contributed by atoms with Gasteiger partial charge in [0.05, 0.1) is 0 Å². The van der Waals surface area contributed by atoms with Crippen LogP contribution in [0, 0.1) is 13.8 Å². The van der Waals surface area contributed by atoms with Gasteiger partial charge in [0.1, 0.15) is 5.82 Å². The third-order valence-electron chi connectivity index (χ3n) is 10.3. The number of carbonyl (C=O) groups excluding carboxylic acids is 2. The normalized spacial score (nSPS) is 15.8. The molecule has 0 radical (unpaired) electrons. The van der Waals surface area contributed by atoms with E-state index in [1.54, 1.807) is 12.4 Å². The van der Waals surface area contributed by atoms with Gasteiger partial charge in [-0.15, -0.1) is 0 Å². The zero-order valence-corrected chi connectivity index (χ0v) is 29.4. The molecule has 3 aromatic heterocycles. The van der Waals surface area contributed by atoms with Crippen LogP contribution in [0.25, 0.3) is 22.3 Å². The minimum atomic E-state index is -0.0218. The van der Waals surface area contributed by atoms with Gasteiger partial charge in [0, 0.05) is 98.0 Å². The Hall–Kier alpha value is -5.41. The zero-order valence-electron chi connectivity index (χ0n) is 29.4. The van der Waals surface area contributed by atoms with Crippen molar-refractivity contribution in [1.82, 2.24) is 30.5 Å². The molecule has 2 N–H and O–H groups in total. The second kappa shape index (κ2) is 15.6. The minimum absolute atomic E-state index is 0.0211. The fourth-order valence-corrected chi connectivity index (χ4v) is 7.29. The highest BCUT2D eigenvalue weighted by molar-refractivity contribution is 5.98. The number of hydrogen-bond acceptors (Lipinski definition) is 7. The summed E-state index contributed by atoms with van der Waals surface area (Å²) in [5.74, 6) is 0.937. The van der Waals surface area contributed by atoms with Crippen LogP contribution in [0.1, 0.15) is 63.1 Å². The Labute approximate surface area is 300 Å². The molecular formula is C42H45N7O2. The van der Waals surface area contributed by atoms with E-state index in [1.807, 2.05) is 86.2 Å². The van der Waals surface area contributed by atoms with Crippen molar-refractivity contribution in [1.29, 1.82) is 0 Å². The molecule has 0 aliphatic carbocycles. The monoisotopic (exact) mass is 679 g/mol. The molecule has 0 atom stereocenters. The number of nitrogens with zero attached hydrogens (tertiary/aromatic N) is 5. The number of carbonyl (C=O) groups is 2. The summed E-state index contributed by atoms with van der Waals surface area (Å²) in [4.78, 5) is 44.5. The summed E-state index contributed by atoms with van der Waals surface area (Å²) < 4.78 is 0. The van der Waals surface area contributed by atoms with Crippen LogP contribution in [-0.4, -0.2) is 69.9 Å². The van der Waals surface area contributed by atoms with Crippen molar-refractivity contribution in [3.63, 3.8) is 0 Å². The van der Waals surface area contributed by atoms with Crippen LogP contribution < -0.4 is 15.5 Å². The van der Waals surface area contributed by atoms with Crippen LogP contribution in [0.15, 0.2) is 104 Å². The number of anilines is 1. The molecule has 0 saturated carbocycles. The molecule has 0 bridgehead atoms. The van der Waals surface area contributed by atoms with Gasteiger partial charge in [0.2, 0.25) is 0 Å². The van der Waals surface area contributed by atoms with E-state index in [2.05, 4.69) is 49.5 Å². The quantitative estimate of drug-likeness (QED) is 0.181. The number of aromatic nitrogens is 3. The van der Waals surface area contributed by atoms with Crippen molar-refractivity contribution in [2.75, 3.05) is 31.1 Å². The molecular weight excluding hydrogens is 635 g/mol. The lowest BCUT2D eigenvalue weighted by Crippen LogP contribution is -2.45. The molecule has 9 heteroatoms. The smallest absolute Gasteiger partial charge is 0.251 e. The van der Waals surface area contributed by atoms with Crippen molar-refractivity contribution in [3.05, 3.63) is 132 Å². The van der Waals surface area contributed by atoms with Gasteiger partial charge < -0.3 is 15.5 Å². The average Bonchev–Trinajstić information content (AvgIpc) is 3.17. The molecule has 260 valence electrons. The predicted octanol–water partition coefficient (Wildman–Crippen LogP) is 6.62. The second-order valence-electron chi connectivity index (χ2n) is 13.8. The number of piperidine rings is 2. The summed E-state index contributed by atoms with van der Waals surface area (Å²) in [6, 6.07) is 24.2. The maximum atomic E-state index is 13.3. The van der Waals surface area contributed by atoms with Crippen LogP contribution >= 0.6 is 0 Å². The van der Waals surface area contributed by atoms with Crippen LogP contribution in [0.4, 0.5) is 5.82 Å². The molecule has 2 saturated heterocycles. The van der Waals surface area contributed by atoms with Gasteiger partial charge in [-0.25, -0.2) is 4.98 Å². The highest BCUT2D eigenvalue weighted by Gasteiger charge is 2.24. The van der Waals surface area contributed by atoms with E-state index in [0.717, 1.165) is 97.6 Å². The highest BCUT2D eigenvalue weighted by atomic mass is 16.2. The van der Waals surface area contributed by atoms with Crippen molar-refractivity contribution < 1.29 is 9.59 Å². The summed E-state index contributed by atoms with van der Waals surface area (Å²) in [6.45, 7) is 8.45. The Balaban J connectivity index is 0.856. The first-order chi connectivity index (χ1) is 24.9. The Morgan fingerprint density at radius 1 is 0.706 bits per heavy atom. The maximum absolute atomic E-state index is 13.3. The Morgan fingerprint density at radius 2 is 1.37 bits per heavy atom. The first-order valence-electron chi connectivity index (χ1n) is 18.0. The number of likely N-dealkylation sites (tertiary alicyclic amines) is 1. The second-order valence-corrected chi connectivity index (χ2v) is 13.8. The highest BCUT2D eigenvalue weighted by Crippen LogP contribution is 2.27. The molecule has 0 spiro atoms. The van der Waals surface area contributed by atoms with Gasteiger partial charge in [0.15, 0.2) is 0 Å². The van der Waals surface area contributed by atoms with E-state index in [4.69, 9.17) is 4.98 Å². The van der Waals surface area contributed by atoms with Gasteiger partial charge in [-0.2, -0.15) is 0 Å². The van der Waals surface area contributed by atoms with E-state index in [1.165, 1.54) is 5.56 Å². The summed E-state index contributed by atoms with van der Waals surface area (Å²) >= 11 is 0. The molecule has 2 aliphatic rings. The lowest BCUT2D eigenvalue weighted by molar-refractivity contribution is 0.0906. The number of benzene rings is 2. The number of rotatable bonds is 9. The third kappa shape index (κ3) is 8.15. The lowest BCUT2D eigenvalue weighted by atomic mass is 9.96. The predicted molar refractivity (Wildman–Crippen MR) is 202 cm³/mol. The molecule has 7 rings (SSSR count). The SMILES string of the molecule is Cc1ccc(C(=O)NC2CCN(Cc3ccc(N4CCC(NC(=O)c5cccc(-c6cccnc6)c5C)CC4)nc3)CC2)cc1-c1cccnc1. The first-order valence-corrected chi connectivity index (χ1v) is 18.0. The Morgan fingerprint density at radius 3 is 2.02 bits per heavy atom. The maximum Gasteiger partial charge on any atom is 0.251 e. The largest absolute Gasteiger partial charge is 0.356 e. The average molecular weight is 680 g/mol. The van der Waals surface area contributed by atoms with E-state index in [0.29, 0.717) is 11.1 Å². The van der Waals surface area contributed by atoms with Crippen molar-refractivity contribution in [2.45, 2.75) is 58.2 Å². The molecule has 2 aliphatic heterocycles. The molecule has 5 heterocycles. The zero-order chi connectivity index (χ0) is 35.2. The van der Waals surface area contributed by atoms with E-state index < -0.39 is 0 Å². The van der Waals surface area contributed by atoms with Gasteiger partial charge in [-0.3, -0.25) is 24.5 Å². The molecule has 2 amide bonds. The topological polar surface area (TPSA) is 103 Å². The minimum Gasteiger partial charge on any atom is -0.356 e. The summed E-state index contributed by atoms with van der Waals surface area (Å²) in [5.41, 5.74) is 8.76. The number of aryl methyl sites for hydroxylation is 1. The van der Waals surface area contributed by atoms with Crippen molar-refractivity contribution in [2.24, 2.45) is 0 Å². The molecule has 51 heavy (non-hydrogen) atoms. The van der Waals surface area contributed by atoms with Crippen LogP contribution in [0.2, 0.25) is 0 Å². The summed E-state index contributed by atoms with van der Waals surface area (Å²) in [5, 5.41) is 6.55. The fourth-order valence-electron chi connectivity index (χ4n) is 7.29. The van der Waals surface area contributed by atoms with Crippen molar-refractivity contribution in [3.8, 4) is 22.3 Å². The molecule has 2 fully saturated rings. The number of pyridine rings is 3. The Bertz CT molecular complexity index is 1950. The third-order valence-corrected chi connectivity index (χ3v) is 10.3. The van der Waals surface area contributed by atoms with Gasteiger partial charge in [-0.05, 0) is 104 Å². The molecule has 5 aromatic rings. The fraction of sp³-hybridized carbons (Fsp3) is 0.310. The number of hydrogen-bond donors (Lipinski definition) is 2. The lowest BCUT2D eigenvalue weighted by Gasteiger charge is -2.34. The van der Waals surface area contributed by atoms with Gasteiger partial charge in [-0.1, -0.05) is 36.4 Å². The standard InChI is InChI=1S/C42H45N7O2/c1-29-10-12-32(24-39(29)34-7-5-19-44-27-34)41(50)46-35-14-20-48(21-15-35)28-31-11-13-40(45-25-31)49-22-16-36(17-23-49)47-42(51)38-9-3-8-37(30(38)2)33-6-4-18-43-26-33/h3-13,18-19,24-27,35-36H,14-17,20-23,28H2,1-2H3,(H,46,50)(H,47,51). The summed E-state index contributed by atoms with van der Waals surface area (Å²) in [6.07, 6.45) is 12.8. The van der Waals surface area contributed by atoms with Crippen molar-refractivity contribution >= 4 is 17.6 Å². The van der Waals surface area contributed by atoms with E-state index in [-0.39, 0.29) is 23.9 Å². The van der Waals surface area contributed by atoms with Crippen LogP contribution in [0.3, 0.4) is 0 Å². The molecule has 0 unspecified atom stereocenters. The summed E-state index contributed by atoms with van der Waals surface area (Å²) in [7, 11) is 0. The molecule has 2 aromatic carbocycles. The van der Waals surface area contributed by atoms with E-state index >= 15 is 0 Å². The number of amides is 2. The van der Waals surface area contributed by atoms with Gasteiger partial charge in [0.25, 0.3) is 11.8 Å². The Kier molecular flexibility index (Phi) is 10.4. The van der Waals surface area contributed by atoms with Crippen LogP contribution in [0.5, 0.6) is 0 Å².